The Labute approximate surface area is 156 Å². The van der Waals surface area contributed by atoms with Gasteiger partial charge in [-0.15, -0.1) is 0 Å². The van der Waals surface area contributed by atoms with Crippen LogP contribution in [0.2, 0.25) is 5.02 Å². The molecule has 136 valence electrons. The summed E-state index contributed by atoms with van der Waals surface area (Å²) in [7, 11) is 2.17. The van der Waals surface area contributed by atoms with Crippen LogP contribution in [0.1, 0.15) is 39.3 Å². The van der Waals surface area contributed by atoms with E-state index in [1.165, 1.54) is 0 Å². The lowest BCUT2D eigenvalue weighted by Gasteiger charge is -2.41. The second kappa shape index (κ2) is 7.34. The van der Waals surface area contributed by atoms with Crippen LogP contribution in [-0.2, 0) is 0 Å². The lowest BCUT2D eigenvalue weighted by atomic mass is 10.0. The number of rotatable bonds is 2. The SMILES string of the molecule is C/C(=N\N1C(N2CCN(C)CC2)=Nc2ccc(Cl)cc2C1C)C(C)C. The Bertz CT molecular complexity index is 689. The van der Waals surface area contributed by atoms with E-state index in [0.717, 1.165) is 54.1 Å². The summed E-state index contributed by atoms with van der Waals surface area (Å²) < 4.78 is 0. The smallest absolute Gasteiger partial charge is 0.223 e. The van der Waals surface area contributed by atoms with E-state index in [2.05, 4.69) is 49.6 Å². The molecule has 3 rings (SSSR count). The zero-order chi connectivity index (χ0) is 18.1. The topological polar surface area (TPSA) is 34.4 Å². The highest BCUT2D eigenvalue weighted by molar-refractivity contribution is 6.30. The molecule has 25 heavy (non-hydrogen) atoms. The molecule has 1 saturated heterocycles. The Kier molecular flexibility index (Phi) is 5.35. The first-order valence-corrected chi connectivity index (χ1v) is 9.40. The number of hydrogen-bond acceptors (Lipinski definition) is 5. The predicted octanol–water partition coefficient (Wildman–Crippen LogP) is 3.98. The van der Waals surface area contributed by atoms with Gasteiger partial charge in [0.2, 0.25) is 5.96 Å². The van der Waals surface area contributed by atoms with Crippen molar-refractivity contribution in [2.45, 2.75) is 33.7 Å². The van der Waals surface area contributed by atoms with Gasteiger partial charge in [-0.1, -0.05) is 25.4 Å². The van der Waals surface area contributed by atoms with Gasteiger partial charge in [0.1, 0.15) is 0 Å². The van der Waals surface area contributed by atoms with Gasteiger partial charge in [-0.05, 0) is 45.0 Å². The Balaban J connectivity index is 2.02. The first-order chi connectivity index (χ1) is 11.9. The van der Waals surface area contributed by atoms with Gasteiger partial charge in [-0.25, -0.2) is 10.0 Å². The van der Waals surface area contributed by atoms with Crippen molar-refractivity contribution in [2.75, 3.05) is 33.2 Å². The number of hydrogen-bond donors (Lipinski definition) is 0. The van der Waals surface area contributed by atoms with E-state index < -0.39 is 0 Å². The molecule has 1 aromatic carbocycles. The number of piperazine rings is 1. The highest BCUT2D eigenvalue weighted by Crippen LogP contribution is 2.37. The minimum Gasteiger partial charge on any atom is -0.338 e. The molecule has 2 aliphatic heterocycles. The molecule has 0 bridgehead atoms. The predicted molar refractivity (Wildman–Crippen MR) is 106 cm³/mol. The van der Waals surface area contributed by atoms with E-state index in [0.29, 0.717) is 5.92 Å². The Morgan fingerprint density at radius 3 is 2.56 bits per heavy atom. The van der Waals surface area contributed by atoms with Gasteiger partial charge in [0.05, 0.1) is 11.7 Å². The van der Waals surface area contributed by atoms with Gasteiger partial charge in [0.25, 0.3) is 0 Å². The van der Waals surface area contributed by atoms with Crippen molar-refractivity contribution in [1.29, 1.82) is 0 Å². The highest BCUT2D eigenvalue weighted by Gasteiger charge is 2.32. The lowest BCUT2D eigenvalue weighted by molar-refractivity contribution is 0.186. The van der Waals surface area contributed by atoms with Crippen LogP contribution in [-0.4, -0.2) is 59.7 Å². The number of likely N-dealkylation sites (N-methyl/N-ethyl adjacent to an activating group) is 1. The lowest BCUT2D eigenvalue weighted by Crippen LogP contribution is -2.52. The number of nitrogens with zero attached hydrogens (tertiary/aromatic N) is 5. The maximum Gasteiger partial charge on any atom is 0.223 e. The van der Waals surface area contributed by atoms with Gasteiger partial charge >= 0.3 is 0 Å². The van der Waals surface area contributed by atoms with E-state index in [4.69, 9.17) is 21.7 Å². The van der Waals surface area contributed by atoms with Crippen LogP contribution < -0.4 is 0 Å². The van der Waals surface area contributed by atoms with Gasteiger partial charge in [-0.3, -0.25) is 0 Å². The Hall–Kier alpha value is -1.59. The second-order valence-electron chi connectivity index (χ2n) is 7.32. The van der Waals surface area contributed by atoms with E-state index >= 15 is 0 Å². The van der Waals surface area contributed by atoms with Crippen molar-refractivity contribution in [3.63, 3.8) is 0 Å². The maximum atomic E-state index is 6.23. The minimum atomic E-state index is 0.106. The average molecular weight is 362 g/mol. The fourth-order valence-electron chi connectivity index (χ4n) is 3.06. The monoisotopic (exact) mass is 361 g/mol. The normalized spacial score (nSPS) is 22.3. The number of fused-ring (bicyclic) bond motifs is 1. The van der Waals surface area contributed by atoms with Gasteiger partial charge in [-0.2, -0.15) is 5.10 Å². The molecule has 5 nitrogen and oxygen atoms in total. The minimum absolute atomic E-state index is 0.106. The van der Waals surface area contributed by atoms with Crippen molar-refractivity contribution in [3.8, 4) is 0 Å². The molecule has 1 fully saturated rings. The summed E-state index contributed by atoms with van der Waals surface area (Å²) in [6.07, 6.45) is 0. The molecule has 2 aliphatic rings. The molecule has 0 N–H and O–H groups in total. The quantitative estimate of drug-likeness (QED) is 0.747. The van der Waals surface area contributed by atoms with Crippen molar-refractivity contribution in [3.05, 3.63) is 28.8 Å². The zero-order valence-corrected chi connectivity index (χ0v) is 16.6. The molecule has 0 saturated carbocycles. The van der Waals surface area contributed by atoms with Crippen molar-refractivity contribution in [2.24, 2.45) is 16.0 Å². The van der Waals surface area contributed by atoms with Crippen LogP contribution in [0.15, 0.2) is 28.3 Å². The van der Waals surface area contributed by atoms with Crippen molar-refractivity contribution >= 4 is 29.0 Å². The van der Waals surface area contributed by atoms with E-state index in [-0.39, 0.29) is 6.04 Å². The van der Waals surface area contributed by atoms with E-state index in [9.17, 15) is 0 Å². The van der Waals surface area contributed by atoms with Crippen LogP contribution in [0.25, 0.3) is 0 Å². The number of aliphatic imine (C=N–C) groups is 1. The van der Waals surface area contributed by atoms with Gasteiger partial charge < -0.3 is 9.80 Å². The van der Waals surface area contributed by atoms with Crippen molar-refractivity contribution < 1.29 is 0 Å². The average Bonchev–Trinajstić information content (AvgIpc) is 2.58. The highest BCUT2D eigenvalue weighted by atomic mass is 35.5. The third-order valence-electron chi connectivity index (χ3n) is 5.12. The molecular weight excluding hydrogens is 334 g/mol. The van der Waals surface area contributed by atoms with Crippen LogP contribution >= 0.6 is 11.6 Å². The first kappa shape index (κ1) is 18.2. The maximum absolute atomic E-state index is 6.23. The van der Waals surface area contributed by atoms with Crippen LogP contribution in [0.5, 0.6) is 0 Å². The summed E-state index contributed by atoms with van der Waals surface area (Å²) >= 11 is 6.23. The zero-order valence-electron chi connectivity index (χ0n) is 15.8. The summed E-state index contributed by atoms with van der Waals surface area (Å²) in [5, 5.41) is 7.77. The second-order valence-corrected chi connectivity index (χ2v) is 7.76. The van der Waals surface area contributed by atoms with Crippen molar-refractivity contribution in [1.82, 2.24) is 14.8 Å². The number of guanidine groups is 1. The first-order valence-electron chi connectivity index (χ1n) is 9.02. The molecule has 0 aliphatic carbocycles. The number of hydrazone groups is 1. The largest absolute Gasteiger partial charge is 0.338 e. The van der Waals surface area contributed by atoms with E-state index in [1.54, 1.807) is 0 Å². The van der Waals surface area contributed by atoms with E-state index in [1.807, 2.05) is 18.2 Å². The third-order valence-corrected chi connectivity index (χ3v) is 5.35. The van der Waals surface area contributed by atoms with Crippen LogP contribution in [0, 0.1) is 5.92 Å². The molecule has 0 amide bonds. The molecule has 0 aromatic heterocycles. The molecule has 1 unspecified atom stereocenters. The molecule has 0 spiro atoms. The third kappa shape index (κ3) is 3.82. The fourth-order valence-corrected chi connectivity index (χ4v) is 3.25. The fraction of sp³-hybridized carbons (Fsp3) is 0.579. The van der Waals surface area contributed by atoms with Crippen LogP contribution in [0.4, 0.5) is 5.69 Å². The van der Waals surface area contributed by atoms with Gasteiger partial charge in [0, 0.05) is 42.5 Å². The number of halogens is 1. The summed E-state index contributed by atoms with van der Waals surface area (Å²) in [6, 6.07) is 6.05. The van der Waals surface area contributed by atoms with Crippen LogP contribution in [0.3, 0.4) is 0 Å². The molecule has 2 heterocycles. The molecular formula is C19H28ClN5. The molecule has 1 aromatic rings. The molecule has 0 radical (unpaired) electrons. The Morgan fingerprint density at radius 2 is 1.92 bits per heavy atom. The summed E-state index contributed by atoms with van der Waals surface area (Å²) in [4.78, 5) is 9.67. The molecule has 6 heteroatoms. The molecule has 1 atom stereocenters. The summed E-state index contributed by atoms with van der Waals surface area (Å²) in [5.74, 6) is 1.36. The summed E-state index contributed by atoms with van der Waals surface area (Å²) in [5.41, 5.74) is 3.24. The summed E-state index contributed by atoms with van der Waals surface area (Å²) in [6.45, 7) is 12.6. The number of benzene rings is 1. The Morgan fingerprint density at radius 1 is 1.24 bits per heavy atom. The standard InChI is InChI=1S/C19H28ClN5/c1-13(2)14(3)22-25-15(4)17-12-16(20)6-7-18(17)21-19(25)24-10-8-23(5)9-11-24/h6-7,12-13,15H,8-11H2,1-5H3/b22-14+. The van der Waals surface area contributed by atoms with Gasteiger partial charge in [0.15, 0.2) is 0 Å².